The summed E-state index contributed by atoms with van der Waals surface area (Å²) in [6, 6.07) is 8.73. The standard InChI is InChI=1S/C15H18O/c1-9(2)14-13-7-10(8-16)15(14)12-6-4-3-5-11(12)13/h3-6,8-10,13-15H,7H2,1-2H3. The maximum Gasteiger partial charge on any atom is 0.123 e. The van der Waals surface area contributed by atoms with Crippen LogP contribution in [0.2, 0.25) is 0 Å². The largest absolute Gasteiger partial charge is 0.303 e. The van der Waals surface area contributed by atoms with Gasteiger partial charge in [-0.15, -0.1) is 0 Å². The van der Waals surface area contributed by atoms with E-state index >= 15 is 0 Å². The van der Waals surface area contributed by atoms with Crippen LogP contribution < -0.4 is 0 Å². The molecule has 2 aliphatic carbocycles. The molecule has 1 aromatic carbocycles. The zero-order chi connectivity index (χ0) is 11.3. The van der Waals surface area contributed by atoms with Crippen molar-refractivity contribution in [3.8, 4) is 0 Å². The lowest BCUT2D eigenvalue weighted by molar-refractivity contribution is -0.111. The molecule has 2 aliphatic rings. The van der Waals surface area contributed by atoms with E-state index in [0.29, 0.717) is 23.7 Å². The summed E-state index contributed by atoms with van der Waals surface area (Å²) in [6.07, 6.45) is 2.27. The van der Waals surface area contributed by atoms with Gasteiger partial charge in [0.25, 0.3) is 0 Å². The molecule has 0 aromatic heterocycles. The molecule has 0 heterocycles. The minimum Gasteiger partial charge on any atom is -0.303 e. The van der Waals surface area contributed by atoms with Crippen LogP contribution in [0.25, 0.3) is 0 Å². The number of rotatable bonds is 2. The first kappa shape index (κ1) is 10.1. The molecular formula is C15H18O. The van der Waals surface area contributed by atoms with E-state index in [1.165, 1.54) is 17.4 Å². The van der Waals surface area contributed by atoms with E-state index in [9.17, 15) is 4.79 Å². The molecule has 0 aliphatic heterocycles. The Morgan fingerprint density at radius 1 is 1.25 bits per heavy atom. The molecule has 1 fully saturated rings. The summed E-state index contributed by atoms with van der Waals surface area (Å²) in [4.78, 5) is 11.2. The Morgan fingerprint density at radius 2 is 1.94 bits per heavy atom. The van der Waals surface area contributed by atoms with Crippen molar-refractivity contribution in [3.05, 3.63) is 35.4 Å². The van der Waals surface area contributed by atoms with E-state index in [4.69, 9.17) is 0 Å². The summed E-state index contributed by atoms with van der Waals surface area (Å²) in [5, 5.41) is 0. The maximum absolute atomic E-state index is 11.2. The topological polar surface area (TPSA) is 17.1 Å². The van der Waals surface area contributed by atoms with Crippen LogP contribution in [-0.4, -0.2) is 6.29 Å². The second kappa shape index (κ2) is 3.44. The number of aldehydes is 1. The van der Waals surface area contributed by atoms with E-state index < -0.39 is 0 Å². The third kappa shape index (κ3) is 1.15. The van der Waals surface area contributed by atoms with Gasteiger partial charge in [-0.1, -0.05) is 38.1 Å². The van der Waals surface area contributed by atoms with Crippen LogP contribution in [0.4, 0.5) is 0 Å². The van der Waals surface area contributed by atoms with Gasteiger partial charge in [-0.2, -0.15) is 0 Å². The molecule has 2 bridgehead atoms. The Labute approximate surface area is 96.9 Å². The van der Waals surface area contributed by atoms with Gasteiger partial charge in [-0.3, -0.25) is 0 Å². The Hall–Kier alpha value is -1.11. The molecule has 0 amide bonds. The monoisotopic (exact) mass is 214 g/mol. The number of hydrogen-bond donors (Lipinski definition) is 0. The van der Waals surface area contributed by atoms with Crippen LogP contribution in [0.5, 0.6) is 0 Å². The van der Waals surface area contributed by atoms with Crippen molar-refractivity contribution in [1.82, 2.24) is 0 Å². The van der Waals surface area contributed by atoms with E-state index in [1.807, 2.05) is 0 Å². The molecule has 0 spiro atoms. The molecular weight excluding hydrogens is 196 g/mol. The van der Waals surface area contributed by atoms with Gasteiger partial charge >= 0.3 is 0 Å². The second-order valence-electron chi connectivity index (χ2n) is 5.62. The normalized spacial score (nSPS) is 35.4. The van der Waals surface area contributed by atoms with Gasteiger partial charge in [0.2, 0.25) is 0 Å². The Morgan fingerprint density at radius 3 is 2.56 bits per heavy atom. The highest BCUT2D eigenvalue weighted by atomic mass is 16.1. The molecule has 1 nitrogen and oxygen atoms in total. The fourth-order valence-corrected chi connectivity index (χ4v) is 4.08. The van der Waals surface area contributed by atoms with Gasteiger partial charge in [0.1, 0.15) is 6.29 Å². The van der Waals surface area contributed by atoms with Gasteiger partial charge in [0.15, 0.2) is 0 Å². The summed E-state index contributed by atoms with van der Waals surface area (Å²) >= 11 is 0. The number of carbonyl (C=O) groups excluding carboxylic acids is 1. The van der Waals surface area contributed by atoms with Gasteiger partial charge in [-0.25, -0.2) is 0 Å². The highest BCUT2D eigenvalue weighted by molar-refractivity contribution is 5.61. The van der Waals surface area contributed by atoms with Crippen molar-refractivity contribution in [3.63, 3.8) is 0 Å². The first-order valence-corrected chi connectivity index (χ1v) is 6.28. The van der Waals surface area contributed by atoms with Gasteiger partial charge in [0.05, 0.1) is 0 Å². The molecule has 1 saturated carbocycles. The molecule has 1 aromatic rings. The lowest BCUT2D eigenvalue weighted by atomic mass is 9.82. The number of carbonyl (C=O) groups is 1. The molecule has 0 radical (unpaired) electrons. The van der Waals surface area contributed by atoms with Crippen LogP contribution >= 0.6 is 0 Å². The fraction of sp³-hybridized carbons (Fsp3) is 0.533. The van der Waals surface area contributed by atoms with Gasteiger partial charge in [-0.05, 0) is 41.2 Å². The summed E-state index contributed by atoms with van der Waals surface area (Å²) in [5.74, 6) is 2.77. The van der Waals surface area contributed by atoms with Crippen molar-refractivity contribution in [1.29, 1.82) is 0 Å². The highest BCUT2D eigenvalue weighted by Crippen LogP contribution is 2.61. The summed E-state index contributed by atoms with van der Waals surface area (Å²) in [7, 11) is 0. The smallest absolute Gasteiger partial charge is 0.123 e. The summed E-state index contributed by atoms with van der Waals surface area (Å²) in [6.45, 7) is 4.59. The van der Waals surface area contributed by atoms with E-state index in [2.05, 4.69) is 38.1 Å². The van der Waals surface area contributed by atoms with Crippen LogP contribution in [0.1, 0.15) is 43.2 Å². The Kier molecular flexibility index (Phi) is 2.17. The third-order valence-corrected chi connectivity index (χ3v) is 4.57. The average molecular weight is 214 g/mol. The Balaban J connectivity index is 2.10. The van der Waals surface area contributed by atoms with Crippen LogP contribution in [0.3, 0.4) is 0 Å². The molecule has 0 saturated heterocycles. The van der Waals surface area contributed by atoms with E-state index in [-0.39, 0.29) is 5.92 Å². The minimum atomic E-state index is 0.271. The lowest BCUT2D eigenvalue weighted by Crippen LogP contribution is -2.15. The van der Waals surface area contributed by atoms with Crippen LogP contribution in [-0.2, 0) is 4.79 Å². The predicted molar refractivity (Wildman–Crippen MR) is 64.4 cm³/mol. The van der Waals surface area contributed by atoms with Crippen LogP contribution in [0, 0.1) is 17.8 Å². The SMILES string of the molecule is CC(C)C1C2CC(C=O)C1c1ccccc12. The quantitative estimate of drug-likeness (QED) is 0.690. The average Bonchev–Trinajstić information content (AvgIpc) is 2.82. The van der Waals surface area contributed by atoms with Crippen molar-refractivity contribution in [2.45, 2.75) is 32.1 Å². The molecule has 4 unspecified atom stereocenters. The third-order valence-electron chi connectivity index (χ3n) is 4.57. The number of fused-ring (bicyclic) bond motifs is 5. The first-order valence-electron chi connectivity index (χ1n) is 6.28. The highest BCUT2D eigenvalue weighted by Gasteiger charge is 2.51. The zero-order valence-electron chi connectivity index (χ0n) is 9.89. The molecule has 1 heteroatoms. The van der Waals surface area contributed by atoms with Crippen molar-refractivity contribution >= 4 is 6.29 Å². The molecule has 16 heavy (non-hydrogen) atoms. The van der Waals surface area contributed by atoms with Crippen molar-refractivity contribution < 1.29 is 4.79 Å². The molecule has 84 valence electrons. The maximum atomic E-state index is 11.2. The fourth-order valence-electron chi connectivity index (χ4n) is 4.08. The molecule has 4 atom stereocenters. The second-order valence-corrected chi connectivity index (χ2v) is 5.62. The zero-order valence-corrected chi connectivity index (χ0v) is 9.89. The minimum absolute atomic E-state index is 0.271. The number of benzene rings is 1. The summed E-state index contributed by atoms with van der Waals surface area (Å²) in [5.41, 5.74) is 2.97. The van der Waals surface area contributed by atoms with E-state index in [1.54, 1.807) is 0 Å². The lowest BCUT2D eigenvalue weighted by Gasteiger charge is -2.21. The van der Waals surface area contributed by atoms with Crippen molar-refractivity contribution in [2.75, 3.05) is 0 Å². The Bertz CT molecular complexity index is 421. The van der Waals surface area contributed by atoms with E-state index in [0.717, 1.165) is 6.42 Å². The molecule has 0 N–H and O–H groups in total. The predicted octanol–water partition coefficient (Wildman–Crippen LogP) is 3.36. The first-order chi connectivity index (χ1) is 7.74. The molecule has 3 rings (SSSR count). The van der Waals surface area contributed by atoms with Crippen molar-refractivity contribution in [2.24, 2.45) is 17.8 Å². The van der Waals surface area contributed by atoms with Gasteiger partial charge < -0.3 is 4.79 Å². The number of hydrogen-bond acceptors (Lipinski definition) is 1. The summed E-state index contributed by atoms with van der Waals surface area (Å²) < 4.78 is 0. The van der Waals surface area contributed by atoms with Crippen LogP contribution in [0.15, 0.2) is 24.3 Å². The van der Waals surface area contributed by atoms with Gasteiger partial charge in [0, 0.05) is 5.92 Å².